The van der Waals surface area contributed by atoms with Crippen molar-refractivity contribution in [2.45, 2.75) is 25.9 Å². The molecule has 2 rings (SSSR count). The average molecular weight is 283 g/mol. The van der Waals surface area contributed by atoms with E-state index in [9.17, 15) is 0 Å². The zero-order valence-electron chi connectivity index (χ0n) is 9.91. The Morgan fingerprint density at radius 1 is 1.44 bits per heavy atom. The molecule has 3 heteroatoms. The lowest BCUT2D eigenvalue weighted by Gasteiger charge is -2.36. The molecular weight excluding hydrogens is 264 g/mol. The van der Waals surface area contributed by atoms with Crippen molar-refractivity contribution in [3.8, 4) is 0 Å². The van der Waals surface area contributed by atoms with Crippen LogP contribution in [0, 0.1) is 0 Å². The van der Waals surface area contributed by atoms with Crippen LogP contribution in [-0.2, 0) is 0 Å². The van der Waals surface area contributed by atoms with Crippen LogP contribution in [0.2, 0.25) is 0 Å². The topological polar surface area (TPSA) is 15.3 Å². The Labute approximate surface area is 106 Å². The number of hydrogen-bond acceptors (Lipinski definition) is 2. The van der Waals surface area contributed by atoms with Crippen molar-refractivity contribution in [2.24, 2.45) is 0 Å². The number of nitrogens with zero attached hydrogens (tertiary/aromatic N) is 1. The number of halogens is 1. The second-order valence-corrected chi connectivity index (χ2v) is 5.40. The van der Waals surface area contributed by atoms with Gasteiger partial charge in [0.1, 0.15) is 0 Å². The van der Waals surface area contributed by atoms with Crippen LogP contribution in [0.3, 0.4) is 0 Å². The molecular formula is C13H19BrN2. The maximum absolute atomic E-state index is 3.64. The summed E-state index contributed by atoms with van der Waals surface area (Å²) in [6.45, 7) is 7.89. The van der Waals surface area contributed by atoms with Crippen LogP contribution in [0.4, 0.5) is 0 Å². The first-order chi connectivity index (χ1) is 7.68. The zero-order valence-corrected chi connectivity index (χ0v) is 11.5. The van der Waals surface area contributed by atoms with Gasteiger partial charge in [-0.05, 0) is 25.5 Å². The van der Waals surface area contributed by atoms with E-state index in [1.807, 2.05) is 0 Å². The number of piperazine rings is 1. The molecule has 1 aromatic rings. The van der Waals surface area contributed by atoms with E-state index in [0.29, 0.717) is 12.1 Å². The van der Waals surface area contributed by atoms with E-state index >= 15 is 0 Å². The predicted molar refractivity (Wildman–Crippen MR) is 71.6 cm³/mol. The minimum Gasteiger partial charge on any atom is -0.312 e. The van der Waals surface area contributed by atoms with Gasteiger partial charge in [0.05, 0.1) is 0 Å². The zero-order chi connectivity index (χ0) is 11.5. The van der Waals surface area contributed by atoms with Crippen molar-refractivity contribution in [1.29, 1.82) is 0 Å². The van der Waals surface area contributed by atoms with Gasteiger partial charge in [-0.15, -0.1) is 0 Å². The molecule has 2 atom stereocenters. The molecule has 1 unspecified atom stereocenters. The SMILES string of the molecule is CC(c1ccccc1Br)N1CCN[C@@H](C)C1. The van der Waals surface area contributed by atoms with Crippen LogP contribution in [0.5, 0.6) is 0 Å². The largest absolute Gasteiger partial charge is 0.312 e. The van der Waals surface area contributed by atoms with E-state index < -0.39 is 0 Å². The minimum atomic E-state index is 0.486. The van der Waals surface area contributed by atoms with Gasteiger partial charge < -0.3 is 5.32 Å². The van der Waals surface area contributed by atoms with Crippen molar-refractivity contribution in [2.75, 3.05) is 19.6 Å². The van der Waals surface area contributed by atoms with Crippen molar-refractivity contribution in [3.63, 3.8) is 0 Å². The number of benzene rings is 1. The molecule has 0 aromatic heterocycles. The molecule has 0 amide bonds. The third kappa shape index (κ3) is 2.65. The molecule has 1 N–H and O–H groups in total. The Bertz CT molecular complexity index is 354. The molecule has 1 saturated heterocycles. The van der Waals surface area contributed by atoms with Gasteiger partial charge in [0.15, 0.2) is 0 Å². The van der Waals surface area contributed by atoms with Crippen molar-refractivity contribution < 1.29 is 0 Å². The fourth-order valence-corrected chi connectivity index (χ4v) is 2.94. The van der Waals surface area contributed by atoms with E-state index in [2.05, 4.69) is 64.3 Å². The molecule has 1 fully saturated rings. The summed E-state index contributed by atoms with van der Waals surface area (Å²) < 4.78 is 1.22. The fourth-order valence-electron chi connectivity index (χ4n) is 2.32. The molecule has 1 aromatic carbocycles. The molecule has 0 spiro atoms. The normalized spacial score (nSPS) is 24.3. The molecule has 88 valence electrons. The maximum Gasteiger partial charge on any atom is 0.0332 e. The fraction of sp³-hybridized carbons (Fsp3) is 0.538. The molecule has 1 heterocycles. The first kappa shape index (κ1) is 12.1. The highest BCUT2D eigenvalue weighted by Gasteiger charge is 2.22. The third-order valence-corrected chi connectivity index (χ3v) is 4.03. The first-order valence-electron chi connectivity index (χ1n) is 5.90. The van der Waals surface area contributed by atoms with Crippen molar-refractivity contribution in [3.05, 3.63) is 34.3 Å². The highest BCUT2D eigenvalue weighted by Crippen LogP contribution is 2.27. The summed E-state index contributed by atoms with van der Waals surface area (Å²) in [6, 6.07) is 9.60. The van der Waals surface area contributed by atoms with Crippen LogP contribution in [0.25, 0.3) is 0 Å². The molecule has 2 nitrogen and oxygen atoms in total. The van der Waals surface area contributed by atoms with E-state index in [-0.39, 0.29) is 0 Å². The van der Waals surface area contributed by atoms with Gasteiger partial charge in [0, 0.05) is 36.2 Å². The van der Waals surface area contributed by atoms with Crippen molar-refractivity contribution >= 4 is 15.9 Å². The van der Waals surface area contributed by atoms with Gasteiger partial charge in [0.25, 0.3) is 0 Å². The molecule has 1 aliphatic rings. The van der Waals surface area contributed by atoms with Gasteiger partial charge in [-0.25, -0.2) is 0 Å². The van der Waals surface area contributed by atoms with Gasteiger partial charge >= 0.3 is 0 Å². The highest BCUT2D eigenvalue weighted by atomic mass is 79.9. The molecule has 1 aliphatic heterocycles. The summed E-state index contributed by atoms with van der Waals surface area (Å²) in [4.78, 5) is 2.54. The summed E-state index contributed by atoms with van der Waals surface area (Å²) in [5.41, 5.74) is 1.39. The lowest BCUT2D eigenvalue weighted by Crippen LogP contribution is -2.49. The van der Waals surface area contributed by atoms with Gasteiger partial charge in [-0.1, -0.05) is 34.1 Å². The monoisotopic (exact) mass is 282 g/mol. The van der Waals surface area contributed by atoms with Crippen LogP contribution < -0.4 is 5.32 Å². The maximum atomic E-state index is 3.64. The van der Waals surface area contributed by atoms with Crippen LogP contribution in [0.15, 0.2) is 28.7 Å². The second-order valence-electron chi connectivity index (χ2n) is 4.55. The quantitative estimate of drug-likeness (QED) is 0.898. The Balaban J connectivity index is 2.12. The van der Waals surface area contributed by atoms with E-state index in [1.54, 1.807) is 0 Å². The molecule has 0 aliphatic carbocycles. The standard InChI is InChI=1S/C13H19BrN2/c1-10-9-16(8-7-15-10)11(2)12-5-3-4-6-13(12)14/h3-6,10-11,15H,7-9H2,1-2H3/t10-,11?/m0/s1. The van der Waals surface area contributed by atoms with Crippen LogP contribution in [0.1, 0.15) is 25.5 Å². The highest BCUT2D eigenvalue weighted by molar-refractivity contribution is 9.10. The third-order valence-electron chi connectivity index (χ3n) is 3.30. The number of nitrogens with one attached hydrogen (secondary N) is 1. The molecule has 0 radical (unpaired) electrons. The Hall–Kier alpha value is -0.380. The lowest BCUT2D eigenvalue weighted by molar-refractivity contribution is 0.158. The Kier molecular flexibility index (Phi) is 4.00. The van der Waals surface area contributed by atoms with E-state index in [4.69, 9.17) is 0 Å². The Morgan fingerprint density at radius 3 is 2.88 bits per heavy atom. The van der Waals surface area contributed by atoms with Crippen LogP contribution >= 0.6 is 15.9 Å². The van der Waals surface area contributed by atoms with Gasteiger partial charge in [-0.2, -0.15) is 0 Å². The van der Waals surface area contributed by atoms with Gasteiger partial charge in [0.2, 0.25) is 0 Å². The second kappa shape index (κ2) is 5.30. The molecule has 0 bridgehead atoms. The smallest absolute Gasteiger partial charge is 0.0332 e. The summed E-state index contributed by atoms with van der Waals surface area (Å²) >= 11 is 3.64. The summed E-state index contributed by atoms with van der Waals surface area (Å²) in [5, 5.41) is 3.48. The predicted octanol–water partition coefficient (Wildman–Crippen LogP) is 2.80. The minimum absolute atomic E-state index is 0.486. The summed E-state index contributed by atoms with van der Waals surface area (Å²) in [5.74, 6) is 0. The number of rotatable bonds is 2. The molecule has 16 heavy (non-hydrogen) atoms. The molecule has 0 saturated carbocycles. The van der Waals surface area contributed by atoms with Gasteiger partial charge in [-0.3, -0.25) is 4.90 Å². The summed E-state index contributed by atoms with van der Waals surface area (Å²) in [6.07, 6.45) is 0. The van der Waals surface area contributed by atoms with E-state index in [0.717, 1.165) is 19.6 Å². The number of hydrogen-bond donors (Lipinski definition) is 1. The lowest BCUT2D eigenvalue weighted by atomic mass is 10.1. The summed E-state index contributed by atoms with van der Waals surface area (Å²) in [7, 11) is 0. The van der Waals surface area contributed by atoms with Crippen molar-refractivity contribution in [1.82, 2.24) is 10.2 Å². The van der Waals surface area contributed by atoms with E-state index in [1.165, 1.54) is 10.0 Å². The van der Waals surface area contributed by atoms with Crippen LogP contribution in [-0.4, -0.2) is 30.6 Å². The Morgan fingerprint density at radius 2 is 2.19 bits per heavy atom. The first-order valence-corrected chi connectivity index (χ1v) is 6.69. The average Bonchev–Trinajstić information content (AvgIpc) is 2.29.